The summed E-state index contributed by atoms with van der Waals surface area (Å²) in [5, 5.41) is 13.7. The van der Waals surface area contributed by atoms with Crippen molar-refractivity contribution in [3.05, 3.63) is 80.1 Å². The molecule has 1 unspecified atom stereocenters. The number of aryl methyl sites for hydroxylation is 1. The lowest BCUT2D eigenvalue weighted by atomic mass is 10.0. The zero-order chi connectivity index (χ0) is 31.1. The first kappa shape index (κ1) is 31.0. The van der Waals surface area contributed by atoms with Gasteiger partial charge in [0, 0.05) is 75.4 Å². The van der Waals surface area contributed by atoms with Crippen molar-refractivity contribution in [2.45, 2.75) is 62.3 Å². The Morgan fingerprint density at radius 3 is 2.61 bits per heavy atom. The van der Waals surface area contributed by atoms with Crippen LogP contribution in [0.1, 0.15) is 52.9 Å². The number of carbonyl (C=O) groups is 2. The monoisotopic (exact) mass is 654 g/mol. The smallest absolute Gasteiger partial charge is 0.256 e. The molecule has 0 aliphatic carbocycles. The first-order chi connectivity index (χ1) is 21.1. The van der Waals surface area contributed by atoms with E-state index >= 15 is 0 Å². The largest absolute Gasteiger partial charge is 0.392 e. The Bertz CT molecular complexity index is 1670. The first-order valence-electron chi connectivity index (χ1n) is 15.0. The van der Waals surface area contributed by atoms with Gasteiger partial charge in [-0.2, -0.15) is 0 Å². The Morgan fingerprint density at radius 1 is 1.11 bits per heavy atom. The molecule has 3 aliphatic rings. The van der Waals surface area contributed by atoms with Crippen LogP contribution < -0.4 is 5.32 Å². The van der Waals surface area contributed by atoms with Crippen molar-refractivity contribution in [1.29, 1.82) is 0 Å². The summed E-state index contributed by atoms with van der Waals surface area (Å²) >= 11 is 12.6. The number of halogens is 2. The van der Waals surface area contributed by atoms with E-state index in [1.807, 2.05) is 24.8 Å². The maximum atomic E-state index is 13.5. The summed E-state index contributed by atoms with van der Waals surface area (Å²) in [5.41, 5.74) is 5.93. The van der Waals surface area contributed by atoms with E-state index in [0.29, 0.717) is 43.9 Å². The number of fused-ring (bicyclic) bond motifs is 1. The number of rotatable bonds is 8. The van der Waals surface area contributed by atoms with Gasteiger partial charge in [0.05, 0.1) is 34.7 Å². The fraction of sp³-hybridized carbons (Fsp3) is 0.394. The van der Waals surface area contributed by atoms with E-state index < -0.39 is 10.8 Å². The van der Waals surface area contributed by atoms with Gasteiger partial charge in [0.1, 0.15) is 0 Å². The third-order valence-corrected chi connectivity index (χ3v) is 11.1. The van der Waals surface area contributed by atoms with Gasteiger partial charge in [-0.3, -0.25) is 18.7 Å². The highest BCUT2D eigenvalue weighted by atomic mass is 35.5. The van der Waals surface area contributed by atoms with Gasteiger partial charge in [0.2, 0.25) is 5.91 Å². The lowest BCUT2D eigenvalue weighted by molar-refractivity contribution is -0.131. The molecule has 8 nitrogen and oxygen atoms in total. The van der Waals surface area contributed by atoms with Gasteiger partial charge in [-0.05, 0) is 80.6 Å². The fourth-order valence-electron chi connectivity index (χ4n) is 6.59. The lowest BCUT2D eigenvalue weighted by Gasteiger charge is -2.28. The molecule has 2 aromatic carbocycles. The second kappa shape index (κ2) is 12.8. The van der Waals surface area contributed by atoms with Crippen LogP contribution in [0.2, 0.25) is 10.0 Å². The third-order valence-electron chi connectivity index (χ3n) is 9.04. The van der Waals surface area contributed by atoms with E-state index in [9.17, 15) is 18.9 Å². The number of aromatic amines is 1. The number of likely N-dealkylation sites (tertiary alicyclic amines) is 2. The number of benzene rings is 2. The highest BCUT2D eigenvalue weighted by Gasteiger charge is 2.33. The van der Waals surface area contributed by atoms with E-state index in [4.69, 9.17) is 23.2 Å². The van der Waals surface area contributed by atoms with E-state index in [0.717, 1.165) is 61.4 Å². The summed E-state index contributed by atoms with van der Waals surface area (Å²) in [5.74, 6) is 0.0154. The highest BCUT2D eigenvalue weighted by molar-refractivity contribution is 7.84. The molecule has 11 heteroatoms. The van der Waals surface area contributed by atoms with Crippen LogP contribution in [0.4, 0.5) is 5.69 Å². The second-order valence-corrected chi connectivity index (χ2v) is 14.2. The number of aromatic nitrogens is 1. The van der Waals surface area contributed by atoms with Gasteiger partial charge >= 0.3 is 0 Å². The predicted octanol–water partition coefficient (Wildman–Crippen LogP) is 5.34. The molecule has 3 atom stereocenters. The molecule has 6 rings (SSSR count). The van der Waals surface area contributed by atoms with Crippen molar-refractivity contribution >= 4 is 63.2 Å². The Labute approximate surface area is 269 Å². The maximum absolute atomic E-state index is 13.5. The van der Waals surface area contributed by atoms with Crippen LogP contribution in [0.25, 0.3) is 11.6 Å². The molecule has 44 heavy (non-hydrogen) atoms. The van der Waals surface area contributed by atoms with E-state index in [1.54, 1.807) is 36.4 Å². The second-order valence-electron chi connectivity index (χ2n) is 11.9. The van der Waals surface area contributed by atoms with E-state index in [-0.39, 0.29) is 36.1 Å². The molecule has 232 valence electrons. The van der Waals surface area contributed by atoms with Crippen LogP contribution in [0.5, 0.6) is 0 Å². The van der Waals surface area contributed by atoms with Gasteiger partial charge in [-0.15, -0.1) is 0 Å². The Hall–Kier alpha value is -2.95. The Morgan fingerprint density at radius 2 is 1.89 bits per heavy atom. The molecule has 4 heterocycles. The molecular weight excluding hydrogens is 619 g/mol. The number of aliphatic hydroxyl groups excluding tert-OH is 1. The number of amides is 2. The van der Waals surface area contributed by atoms with Crippen LogP contribution >= 0.6 is 23.2 Å². The topological polar surface area (TPSA) is 106 Å². The lowest BCUT2D eigenvalue weighted by Crippen LogP contribution is -2.43. The van der Waals surface area contributed by atoms with Gasteiger partial charge < -0.3 is 20.3 Å². The predicted molar refractivity (Wildman–Crippen MR) is 175 cm³/mol. The molecule has 0 radical (unpaired) electrons. The molecule has 1 aromatic heterocycles. The zero-order valence-corrected chi connectivity index (χ0v) is 27.1. The maximum Gasteiger partial charge on any atom is 0.256 e. The number of nitrogens with one attached hydrogen (secondary N) is 2. The summed E-state index contributed by atoms with van der Waals surface area (Å²) in [6.45, 7) is 7.03. The summed E-state index contributed by atoms with van der Waals surface area (Å²) < 4.78 is 13.3. The van der Waals surface area contributed by atoms with Crippen molar-refractivity contribution in [2.75, 3.05) is 31.5 Å². The van der Waals surface area contributed by atoms with Gasteiger partial charge in [-0.25, -0.2) is 0 Å². The minimum Gasteiger partial charge on any atom is -0.392 e. The summed E-state index contributed by atoms with van der Waals surface area (Å²) in [6.07, 6.45) is 4.59. The number of aliphatic hydroxyl groups is 1. The van der Waals surface area contributed by atoms with Crippen molar-refractivity contribution < 1.29 is 18.9 Å². The average molecular weight is 656 g/mol. The standard InChI is InChI=1S/C33H36Cl2N4O4S/c1-19-24(15-32(41)39-11-4-5-21(39)16-38-12-10-22(40)17-38)20(2)36-31(19)14-26-25-13-23(8-9-30(25)37-33(26)42)44(43)18-27-28(34)6-3-7-29(27)35/h3,6-9,13-14,21-22,36,40H,4-5,10-12,15-18H2,1-2H3,(H,37,42)/t21-,22-,44?/m1/s1. The molecule has 3 aromatic rings. The van der Waals surface area contributed by atoms with Gasteiger partial charge in [0.15, 0.2) is 0 Å². The summed E-state index contributed by atoms with van der Waals surface area (Å²) in [7, 11) is -1.44. The van der Waals surface area contributed by atoms with Crippen molar-refractivity contribution in [1.82, 2.24) is 14.8 Å². The summed E-state index contributed by atoms with van der Waals surface area (Å²) in [4.78, 5) is 34.8. The highest BCUT2D eigenvalue weighted by Crippen LogP contribution is 2.36. The van der Waals surface area contributed by atoms with Crippen molar-refractivity contribution in [2.24, 2.45) is 0 Å². The molecule has 2 fully saturated rings. The zero-order valence-electron chi connectivity index (χ0n) is 24.8. The van der Waals surface area contributed by atoms with Crippen LogP contribution in [-0.2, 0) is 32.6 Å². The van der Waals surface area contributed by atoms with Gasteiger partial charge in [0.25, 0.3) is 5.91 Å². The van der Waals surface area contributed by atoms with E-state index in [2.05, 4.69) is 15.2 Å². The molecule has 0 bridgehead atoms. The SMILES string of the molecule is Cc1[nH]c(C=C2C(=O)Nc3ccc(S(=O)Cc4c(Cl)cccc4Cl)cc32)c(C)c1CC(=O)N1CCC[C@@H]1CN1CC[C@@H](O)C1. The van der Waals surface area contributed by atoms with Crippen LogP contribution in [0.3, 0.4) is 0 Å². The van der Waals surface area contributed by atoms with Crippen LogP contribution in [0, 0.1) is 13.8 Å². The van der Waals surface area contributed by atoms with Crippen LogP contribution in [-0.4, -0.2) is 74.2 Å². The molecule has 0 saturated carbocycles. The molecule has 2 amide bonds. The quantitative estimate of drug-likeness (QED) is 0.285. The number of hydrogen-bond acceptors (Lipinski definition) is 5. The number of hydrogen-bond donors (Lipinski definition) is 3. The van der Waals surface area contributed by atoms with Crippen molar-refractivity contribution in [3.63, 3.8) is 0 Å². The van der Waals surface area contributed by atoms with Crippen LogP contribution in [0.15, 0.2) is 41.3 Å². The Balaban J connectivity index is 1.21. The van der Waals surface area contributed by atoms with E-state index in [1.165, 1.54) is 0 Å². The average Bonchev–Trinajstić information content (AvgIpc) is 3.75. The number of carbonyl (C=O) groups excluding carboxylic acids is 2. The molecule has 3 N–H and O–H groups in total. The normalized spacial score (nSPS) is 21.7. The van der Waals surface area contributed by atoms with Crippen molar-refractivity contribution in [3.8, 4) is 0 Å². The number of anilines is 1. The fourth-order valence-corrected chi connectivity index (χ4v) is 8.49. The minimum atomic E-state index is -1.44. The summed E-state index contributed by atoms with van der Waals surface area (Å²) in [6, 6.07) is 10.6. The number of nitrogens with zero attached hydrogens (tertiary/aromatic N) is 2. The van der Waals surface area contributed by atoms with Gasteiger partial charge in [-0.1, -0.05) is 29.3 Å². The number of H-pyrrole nitrogens is 1. The molecule has 0 spiro atoms. The molecule has 2 saturated heterocycles. The molecular formula is C33H36Cl2N4O4S. The number of β-amino-alcohol motifs (C(OH)–C–C–N with tert-alkyl or cyclic N) is 1. The molecule has 3 aliphatic heterocycles. The Kier molecular flexibility index (Phi) is 9.04. The first-order valence-corrected chi connectivity index (χ1v) is 17.0. The third kappa shape index (κ3) is 6.26. The minimum absolute atomic E-state index is 0.103.